The van der Waals surface area contributed by atoms with Gasteiger partial charge in [0.25, 0.3) is 0 Å². The summed E-state index contributed by atoms with van der Waals surface area (Å²) >= 11 is 12.1. The minimum atomic E-state index is -0.595. The van der Waals surface area contributed by atoms with Gasteiger partial charge in [0.05, 0.1) is 6.42 Å². The molecule has 1 atom stereocenters. The summed E-state index contributed by atoms with van der Waals surface area (Å²) < 4.78 is 0. The molecule has 1 N–H and O–H groups in total. The zero-order valence-corrected chi connectivity index (χ0v) is 17.1. The van der Waals surface area contributed by atoms with Crippen LogP contribution in [0.4, 0.5) is 0 Å². The first-order valence-corrected chi connectivity index (χ1v) is 9.72. The summed E-state index contributed by atoms with van der Waals surface area (Å²) in [6.45, 7) is 4.61. The summed E-state index contributed by atoms with van der Waals surface area (Å²) in [7, 11) is 0. The van der Waals surface area contributed by atoms with Crippen molar-refractivity contribution < 1.29 is 9.59 Å². The normalized spacial score (nSPS) is 11.7. The van der Waals surface area contributed by atoms with E-state index in [0.29, 0.717) is 23.1 Å². The molecule has 0 aliphatic carbocycles. The molecular formula is C21H24Cl2N2O2. The van der Waals surface area contributed by atoms with Crippen LogP contribution in [0, 0.1) is 0 Å². The lowest BCUT2D eigenvalue weighted by molar-refractivity contribution is -0.140. The first kappa shape index (κ1) is 21.3. The van der Waals surface area contributed by atoms with Gasteiger partial charge in [0.1, 0.15) is 6.04 Å². The Morgan fingerprint density at radius 3 is 2.22 bits per heavy atom. The lowest BCUT2D eigenvalue weighted by atomic mass is 10.1. The zero-order chi connectivity index (χ0) is 19.8. The van der Waals surface area contributed by atoms with Gasteiger partial charge in [-0.3, -0.25) is 9.59 Å². The molecule has 2 aromatic rings. The maximum absolute atomic E-state index is 13.0. The third kappa shape index (κ3) is 6.56. The summed E-state index contributed by atoms with van der Waals surface area (Å²) in [5.41, 5.74) is 1.68. The molecule has 144 valence electrons. The van der Waals surface area contributed by atoms with Crippen molar-refractivity contribution in [3.8, 4) is 0 Å². The van der Waals surface area contributed by atoms with E-state index in [2.05, 4.69) is 5.32 Å². The number of nitrogens with one attached hydrogen (secondary N) is 1. The van der Waals surface area contributed by atoms with Crippen molar-refractivity contribution in [2.45, 2.75) is 39.3 Å². The van der Waals surface area contributed by atoms with Crippen LogP contribution in [0.2, 0.25) is 10.0 Å². The lowest BCUT2D eigenvalue weighted by Gasteiger charge is -2.29. The fourth-order valence-corrected chi connectivity index (χ4v) is 3.16. The van der Waals surface area contributed by atoms with Crippen LogP contribution >= 0.6 is 23.2 Å². The van der Waals surface area contributed by atoms with Gasteiger partial charge in [-0.15, -0.1) is 0 Å². The number of amides is 2. The Hall–Kier alpha value is -2.04. The second-order valence-corrected chi connectivity index (χ2v) is 7.30. The molecule has 0 spiro atoms. The zero-order valence-electron chi connectivity index (χ0n) is 15.5. The van der Waals surface area contributed by atoms with Crippen LogP contribution in [0.25, 0.3) is 0 Å². The Bertz CT molecular complexity index is 795. The fraction of sp³-hybridized carbons (Fsp3) is 0.333. The molecule has 2 aromatic carbocycles. The minimum Gasteiger partial charge on any atom is -0.354 e. The van der Waals surface area contributed by atoms with Gasteiger partial charge in [0.15, 0.2) is 0 Å². The second-order valence-electron chi connectivity index (χ2n) is 6.43. The van der Waals surface area contributed by atoms with E-state index in [9.17, 15) is 9.59 Å². The standard InChI is InChI=1S/C21H24Cl2N2O2/c1-3-10-24-21(27)15(2)25(14-17-7-5-9-19(23)12-17)20(26)13-16-6-4-8-18(22)11-16/h4-9,11-12,15H,3,10,13-14H2,1-2H3,(H,24,27)/t15-/m1/s1. The number of nitrogens with zero attached hydrogens (tertiary/aromatic N) is 1. The third-order valence-corrected chi connectivity index (χ3v) is 4.67. The van der Waals surface area contributed by atoms with Crippen LogP contribution in [0.5, 0.6) is 0 Å². The SMILES string of the molecule is CCCNC(=O)[C@@H](C)N(Cc1cccc(Cl)c1)C(=O)Cc1cccc(Cl)c1. The maximum atomic E-state index is 13.0. The Morgan fingerprint density at radius 1 is 1.04 bits per heavy atom. The van der Waals surface area contributed by atoms with Crippen molar-refractivity contribution in [1.29, 1.82) is 0 Å². The van der Waals surface area contributed by atoms with Gasteiger partial charge in [-0.25, -0.2) is 0 Å². The number of hydrogen-bond acceptors (Lipinski definition) is 2. The van der Waals surface area contributed by atoms with E-state index < -0.39 is 6.04 Å². The first-order chi connectivity index (χ1) is 12.9. The van der Waals surface area contributed by atoms with Gasteiger partial charge < -0.3 is 10.2 Å². The lowest BCUT2D eigenvalue weighted by Crippen LogP contribution is -2.48. The summed E-state index contributed by atoms with van der Waals surface area (Å²) in [5, 5.41) is 4.03. The van der Waals surface area contributed by atoms with Gasteiger partial charge >= 0.3 is 0 Å². The van der Waals surface area contributed by atoms with Gasteiger partial charge in [0.2, 0.25) is 11.8 Å². The number of benzene rings is 2. The summed E-state index contributed by atoms with van der Waals surface area (Å²) in [5.74, 6) is -0.310. The fourth-order valence-electron chi connectivity index (χ4n) is 2.73. The van der Waals surface area contributed by atoms with E-state index in [1.54, 1.807) is 36.1 Å². The number of rotatable bonds is 8. The van der Waals surface area contributed by atoms with E-state index in [1.165, 1.54) is 0 Å². The predicted molar refractivity (Wildman–Crippen MR) is 110 cm³/mol. The van der Waals surface area contributed by atoms with Crippen LogP contribution in [0.3, 0.4) is 0 Å². The Balaban J connectivity index is 2.21. The van der Waals surface area contributed by atoms with Crippen molar-refractivity contribution in [3.63, 3.8) is 0 Å². The number of halogens is 2. The topological polar surface area (TPSA) is 49.4 Å². The molecule has 2 amide bonds. The maximum Gasteiger partial charge on any atom is 0.242 e. The molecule has 27 heavy (non-hydrogen) atoms. The summed E-state index contributed by atoms with van der Waals surface area (Å²) in [6.07, 6.45) is 1.01. The highest BCUT2D eigenvalue weighted by Crippen LogP contribution is 2.17. The predicted octanol–water partition coefficient (Wildman–Crippen LogP) is 4.48. The number of carbonyl (C=O) groups excluding carboxylic acids is 2. The molecule has 0 radical (unpaired) electrons. The molecule has 4 nitrogen and oxygen atoms in total. The smallest absolute Gasteiger partial charge is 0.242 e. The summed E-state index contributed by atoms with van der Waals surface area (Å²) in [4.78, 5) is 27.0. The van der Waals surface area contributed by atoms with Crippen molar-refractivity contribution >= 4 is 35.0 Å². The molecule has 0 aliphatic heterocycles. The first-order valence-electron chi connectivity index (χ1n) is 8.96. The molecule has 0 saturated heterocycles. The third-order valence-electron chi connectivity index (χ3n) is 4.20. The van der Waals surface area contributed by atoms with E-state index in [1.807, 2.05) is 31.2 Å². The monoisotopic (exact) mass is 406 g/mol. The molecule has 0 saturated carbocycles. The molecule has 2 rings (SSSR count). The number of hydrogen-bond donors (Lipinski definition) is 1. The van der Waals surface area contributed by atoms with Gasteiger partial charge in [-0.05, 0) is 48.7 Å². The van der Waals surface area contributed by atoms with Crippen molar-refractivity contribution in [2.24, 2.45) is 0 Å². The molecular weight excluding hydrogens is 383 g/mol. The van der Waals surface area contributed by atoms with Crippen LogP contribution in [0.1, 0.15) is 31.4 Å². The summed E-state index contributed by atoms with van der Waals surface area (Å²) in [6, 6.07) is 13.9. The van der Waals surface area contributed by atoms with Gasteiger partial charge in [-0.2, -0.15) is 0 Å². The van der Waals surface area contributed by atoms with E-state index >= 15 is 0 Å². The van der Waals surface area contributed by atoms with Crippen molar-refractivity contribution in [2.75, 3.05) is 6.54 Å². The Kier molecular flexibility index (Phi) is 8.14. The Morgan fingerprint density at radius 2 is 1.63 bits per heavy atom. The van der Waals surface area contributed by atoms with Gasteiger partial charge in [0, 0.05) is 23.1 Å². The van der Waals surface area contributed by atoms with Crippen LogP contribution in [0.15, 0.2) is 48.5 Å². The van der Waals surface area contributed by atoms with Crippen LogP contribution in [-0.2, 0) is 22.6 Å². The number of carbonyl (C=O) groups is 2. The van der Waals surface area contributed by atoms with Crippen molar-refractivity contribution in [3.05, 3.63) is 69.7 Å². The van der Waals surface area contributed by atoms with Crippen LogP contribution < -0.4 is 5.32 Å². The van der Waals surface area contributed by atoms with Crippen LogP contribution in [-0.4, -0.2) is 29.3 Å². The molecule has 0 unspecified atom stereocenters. The Labute approximate surface area is 170 Å². The highest BCUT2D eigenvalue weighted by molar-refractivity contribution is 6.30. The van der Waals surface area contributed by atoms with Crippen molar-refractivity contribution in [1.82, 2.24) is 10.2 Å². The minimum absolute atomic E-state index is 0.142. The largest absolute Gasteiger partial charge is 0.354 e. The van der Waals surface area contributed by atoms with Gasteiger partial charge in [-0.1, -0.05) is 54.4 Å². The van der Waals surface area contributed by atoms with E-state index in [-0.39, 0.29) is 18.2 Å². The quantitative estimate of drug-likeness (QED) is 0.702. The van der Waals surface area contributed by atoms with E-state index in [4.69, 9.17) is 23.2 Å². The highest BCUT2D eigenvalue weighted by atomic mass is 35.5. The molecule has 6 heteroatoms. The second kappa shape index (κ2) is 10.3. The average molecular weight is 407 g/mol. The average Bonchev–Trinajstić information content (AvgIpc) is 2.63. The van der Waals surface area contributed by atoms with E-state index in [0.717, 1.165) is 17.5 Å². The highest BCUT2D eigenvalue weighted by Gasteiger charge is 2.26. The molecule has 0 bridgehead atoms. The molecule has 0 aromatic heterocycles. The molecule has 0 aliphatic rings. The molecule has 0 heterocycles. The molecule has 0 fully saturated rings.